The van der Waals surface area contributed by atoms with E-state index in [0.29, 0.717) is 24.2 Å². The molecule has 0 aliphatic carbocycles. The molecule has 0 heterocycles. The van der Waals surface area contributed by atoms with E-state index >= 15 is 0 Å². The number of nitrogens with one attached hydrogen (secondary N) is 2. The van der Waals surface area contributed by atoms with Gasteiger partial charge >= 0.3 is 6.09 Å². The van der Waals surface area contributed by atoms with E-state index in [0.717, 1.165) is 35.6 Å². The van der Waals surface area contributed by atoms with E-state index in [4.69, 9.17) is 4.74 Å². The van der Waals surface area contributed by atoms with Crippen LogP contribution in [-0.2, 0) is 14.3 Å². The van der Waals surface area contributed by atoms with Gasteiger partial charge in [0.1, 0.15) is 17.7 Å². The van der Waals surface area contributed by atoms with Crippen molar-refractivity contribution in [3.05, 3.63) is 77.9 Å². The minimum Gasteiger partial charge on any atom is -0.444 e. The molecule has 42 heavy (non-hydrogen) atoms. The first-order valence-electron chi connectivity index (χ1n) is 15.0. The van der Waals surface area contributed by atoms with E-state index in [1.54, 1.807) is 25.7 Å². The van der Waals surface area contributed by atoms with Crippen LogP contribution in [0.3, 0.4) is 0 Å². The van der Waals surface area contributed by atoms with E-state index in [1.165, 1.54) is 0 Å². The Morgan fingerprint density at radius 2 is 1.57 bits per heavy atom. The number of rotatable bonds is 12. The highest BCUT2D eigenvalue weighted by molar-refractivity contribution is 6.00. The van der Waals surface area contributed by atoms with Crippen molar-refractivity contribution < 1.29 is 19.1 Å². The molecule has 0 radical (unpaired) electrons. The number of hydrogen-bond acceptors (Lipinski definition) is 4. The van der Waals surface area contributed by atoms with Crippen molar-refractivity contribution in [1.29, 1.82) is 0 Å². The molecule has 0 aliphatic heterocycles. The quantitative estimate of drug-likeness (QED) is 0.217. The molecule has 0 fully saturated rings. The zero-order valence-corrected chi connectivity index (χ0v) is 26.2. The van der Waals surface area contributed by atoms with Gasteiger partial charge in [0.15, 0.2) is 0 Å². The fraction of sp³-hybridized carbons (Fsp3) is 0.457. The number of hydrogen-bond donors (Lipinski definition) is 2. The number of ether oxygens (including phenoxy) is 1. The summed E-state index contributed by atoms with van der Waals surface area (Å²) in [6.45, 7) is 13.8. The molecule has 3 rings (SSSR count). The Hall–Kier alpha value is -3.87. The van der Waals surface area contributed by atoms with Crippen LogP contribution in [-0.4, -0.2) is 41.0 Å². The largest absolute Gasteiger partial charge is 0.444 e. The van der Waals surface area contributed by atoms with E-state index < -0.39 is 23.8 Å². The van der Waals surface area contributed by atoms with Gasteiger partial charge < -0.3 is 20.3 Å². The third kappa shape index (κ3) is 9.61. The molecule has 0 aromatic heterocycles. The first-order valence-corrected chi connectivity index (χ1v) is 15.0. The number of carbonyl (C=O) groups excluding carboxylic acids is 3. The van der Waals surface area contributed by atoms with Crippen molar-refractivity contribution in [2.45, 2.75) is 91.8 Å². The van der Waals surface area contributed by atoms with Crippen molar-refractivity contribution in [3.63, 3.8) is 0 Å². The molecular formula is C35H47N3O4. The number of alkyl carbamates (subject to hydrolysis) is 1. The van der Waals surface area contributed by atoms with Gasteiger partial charge in [0.2, 0.25) is 5.91 Å². The van der Waals surface area contributed by atoms with E-state index in [1.807, 2.05) is 87.5 Å². The molecule has 2 atom stereocenters. The molecule has 0 saturated carbocycles. The average Bonchev–Trinajstić information content (AvgIpc) is 2.91. The van der Waals surface area contributed by atoms with Crippen molar-refractivity contribution in [3.8, 4) is 0 Å². The van der Waals surface area contributed by atoms with Gasteiger partial charge in [-0.15, -0.1) is 0 Å². The number of anilines is 1. The number of aryl methyl sites for hydroxylation is 1. The van der Waals surface area contributed by atoms with Crippen molar-refractivity contribution in [1.82, 2.24) is 10.2 Å². The van der Waals surface area contributed by atoms with Crippen molar-refractivity contribution in [2.75, 3.05) is 11.9 Å². The standard InChI is InChI=1S/C35H47N3O4/c1-8-9-12-21-38(33(40)30(22-24(2)3)37-34(41)42-35(5,6)7)31(27-17-15-25(4)16-18-27)32(39)36-29-20-19-26-13-10-11-14-28(26)23-29/h10-11,13-20,23-24,30-31H,8-9,12,21-22H2,1-7H3,(H,36,39)(H,37,41). The predicted molar refractivity (Wildman–Crippen MR) is 170 cm³/mol. The lowest BCUT2D eigenvalue weighted by molar-refractivity contribution is -0.141. The van der Waals surface area contributed by atoms with Crippen molar-refractivity contribution in [2.24, 2.45) is 5.92 Å². The van der Waals surface area contributed by atoms with Gasteiger partial charge in [-0.2, -0.15) is 0 Å². The summed E-state index contributed by atoms with van der Waals surface area (Å²) in [7, 11) is 0. The topological polar surface area (TPSA) is 87.7 Å². The smallest absolute Gasteiger partial charge is 0.408 e. The van der Waals surface area contributed by atoms with Gasteiger partial charge in [0.25, 0.3) is 5.91 Å². The van der Waals surface area contributed by atoms with Gasteiger partial charge in [-0.1, -0.05) is 93.8 Å². The van der Waals surface area contributed by atoms with Gasteiger partial charge in [-0.25, -0.2) is 4.79 Å². The first-order chi connectivity index (χ1) is 19.9. The summed E-state index contributed by atoms with van der Waals surface area (Å²) in [5.41, 5.74) is 1.72. The number of fused-ring (bicyclic) bond motifs is 1. The number of unbranched alkanes of at least 4 members (excludes halogenated alkanes) is 2. The van der Waals surface area contributed by atoms with E-state index in [2.05, 4.69) is 17.6 Å². The van der Waals surface area contributed by atoms with Crippen LogP contribution in [0.5, 0.6) is 0 Å². The predicted octanol–water partition coefficient (Wildman–Crippen LogP) is 7.79. The molecule has 2 unspecified atom stereocenters. The molecule has 2 N–H and O–H groups in total. The fourth-order valence-electron chi connectivity index (χ4n) is 4.94. The highest BCUT2D eigenvalue weighted by atomic mass is 16.6. The van der Waals surface area contributed by atoms with Gasteiger partial charge in [0.05, 0.1) is 0 Å². The van der Waals surface area contributed by atoms with E-state index in [-0.39, 0.29) is 17.7 Å². The Morgan fingerprint density at radius 1 is 0.905 bits per heavy atom. The summed E-state index contributed by atoms with van der Waals surface area (Å²) >= 11 is 0. The number of nitrogens with zero attached hydrogens (tertiary/aromatic N) is 1. The number of benzene rings is 3. The normalized spacial score (nSPS) is 13.0. The monoisotopic (exact) mass is 573 g/mol. The first kappa shape index (κ1) is 32.6. The Labute approximate surface area is 251 Å². The fourth-order valence-corrected chi connectivity index (χ4v) is 4.94. The van der Waals surface area contributed by atoms with Gasteiger partial charge in [-0.3, -0.25) is 9.59 Å². The molecule has 7 heteroatoms. The molecular weight excluding hydrogens is 526 g/mol. The maximum atomic E-state index is 14.4. The third-order valence-corrected chi connectivity index (χ3v) is 6.95. The van der Waals surface area contributed by atoms with Crippen LogP contribution in [0.4, 0.5) is 10.5 Å². The summed E-state index contributed by atoms with van der Waals surface area (Å²) in [6.07, 6.45) is 2.36. The van der Waals surface area contributed by atoms with Gasteiger partial charge in [0, 0.05) is 12.2 Å². The summed E-state index contributed by atoms with van der Waals surface area (Å²) < 4.78 is 5.50. The van der Waals surface area contributed by atoms with Crippen LogP contribution < -0.4 is 10.6 Å². The lowest BCUT2D eigenvalue weighted by Crippen LogP contribution is -2.53. The van der Waals surface area contributed by atoms with Crippen molar-refractivity contribution >= 4 is 34.4 Å². The highest BCUT2D eigenvalue weighted by Crippen LogP contribution is 2.27. The zero-order valence-electron chi connectivity index (χ0n) is 26.2. The number of amides is 3. The third-order valence-electron chi connectivity index (χ3n) is 6.95. The average molecular weight is 574 g/mol. The molecule has 0 saturated heterocycles. The zero-order chi connectivity index (χ0) is 30.9. The van der Waals surface area contributed by atoms with Crippen LogP contribution in [0.1, 0.15) is 84.4 Å². The molecule has 0 bridgehead atoms. The van der Waals surface area contributed by atoms with Crippen LogP contribution in [0.15, 0.2) is 66.7 Å². The summed E-state index contributed by atoms with van der Waals surface area (Å²) in [5, 5.41) is 7.98. The molecule has 3 aromatic carbocycles. The van der Waals surface area contributed by atoms with E-state index in [9.17, 15) is 14.4 Å². The van der Waals surface area contributed by atoms with Crippen LogP contribution >= 0.6 is 0 Å². The second kappa shape index (κ2) is 14.9. The Bertz CT molecular complexity index is 1340. The van der Waals surface area contributed by atoms with Crippen LogP contribution in [0.25, 0.3) is 10.8 Å². The minimum atomic E-state index is -0.892. The molecule has 0 spiro atoms. The molecule has 7 nitrogen and oxygen atoms in total. The summed E-state index contributed by atoms with van der Waals surface area (Å²) in [5.74, 6) is -0.486. The molecule has 0 aliphatic rings. The maximum Gasteiger partial charge on any atom is 0.408 e. The molecule has 3 amide bonds. The molecule has 3 aromatic rings. The lowest BCUT2D eigenvalue weighted by atomic mass is 9.98. The Balaban J connectivity index is 2.02. The highest BCUT2D eigenvalue weighted by Gasteiger charge is 2.36. The Morgan fingerprint density at radius 3 is 2.19 bits per heavy atom. The van der Waals surface area contributed by atoms with Crippen LogP contribution in [0, 0.1) is 12.8 Å². The number of carbonyl (C=O) groups is 3. The summed E-state index contributed by atoms with van der Waals surface area (Å²) in [6, 6.07) is 19.7. The SMILES string of the molecule is CCCCCN(C(=O)C(CC(C)C)NC(=O)OC(C)(C)C)C(C(=O)Nc1ccc2ccccc2c1)c1ccc(C)cc1. The Kier molecular flexibility index (Phi) is 11.5. The van der Waals surface area contributed by atoms with Crippen LogP contribution in [0.2, 0.25) is 0 Å². The maximum absolute atomic E-state index is 14.4. The second-order valence-corrected chi connectivity index (χ2v) is 12.4. The minimum absolute atomic E-state index is 0.121. The summed E-state index contributed by atoms with van der Waals surface area (Å²) in [4.78, 5) is 43.0. The molecule has 226 valence electrons. The second-order valence-electron chi connectivity index (χ2n) is 12.4. The lowest BCUT2D eigenvalue weighted by Gasteiger charge is -2.35. The van der Waals surface area contributed by atoms with Gasteiger partial charge in [-0.05, 0) is 74.9 Å².